The van der Waals surface area contributed by atoms with E-state index in [2.05, 4.69) is 4.90 Å². The number of ketones is 1. The van der Waals surface area contributed by atoms with Gasteiger partial charge in [0.15, 0.2) is 11.6 Å². The van der Waals surface area contributed by atoms with Crippen molar-refractivity contribution in [2.45, 2.75) is 57.8 Å². The third-order valence-electron chi connectivity index (χ3n) is 5.45. The highest BCUT2D eigenvalue weighted by Gasteiger charge is 2.39. The number of nitrogens with zero attached hydrogens (tertiary/aromatic N) is 1. The normalized spacial score (nSPS) is 19.0. The van der Waals surface area contributed by atoms with E-state index in [0.29, 0.717) is 45.5 Å². The topological polar surface area (TPSA) is 65.1 Å². The Morgan fingerprint density at radius 2 is 1.68 bits per heavy atom. The molecule has 2 saturated heterocycles. The summed E-state index contributed by atoms with van der Waals surface area (Å²) in [6.45, 7) is 6.41. The standard InChI is InChI=1S/C22H31NO5/c1-2-26-21(25)6-4-3-5-20(24)19-9-7-18(8-10-19)17-23-13-11-22(12-14-23)27-15-16-28-22/h7-10H,2-6,11-17H2,1H3. The van der Waals surface area contributed by atoms with Gasteiger partial charge >= 0.3 is 5.97 Å². The Bertz CT molecular complexity index is 641. The minimum atomic E-state index is -0.333. The summed E-state index contributed by atoms with van der Waals surface area (Å²) in [5.74, 6) is -0.389. The third kappa shape index (κ3) is 5.87. The third-order valence-corrected chi connectivity index (χ3v) is 5.45. The molecule has 1 aromatic rings. The molecule has 3 rings (SSSR count). The van der Waals surface area contributed by atoms with E-state index in [9.17, 15) is 9.59 Å². The second kappa shape index (κ2) is 10.1. The number of rotatable bonds is 9. The Labute approximate surface area is 167 Å². The molecule has 2 heterocycles. The Morgan fingerprint density at radius 3 is 2.32 bits per heavy atom. The maximum Gasteiger partial charge on any atom is 0.305 e. The van der Waals surface area contributed by atoms with Crippen LogP contribution in [0.1, 0.15) is 61.4 Å². The minimum Gasteiger partial charge on any atom is -0.466 e. The lowest BCUT2D eigenvalue weighted by atomic mass is 10.0. The highest BCUT2D eigenvalue weighted by atomic mass is 16.7. The summed E-state index contributed by atoms with van der Waals surface area (Å²) in [5, 5.41) is 0. The van der Waals surface area contributed by atoms with Crippen molar-refractivity contribution < 1.29 is 23.8 Å². The summed E-state index contributed by atoms with van der Waals surface area (Å²) in [6, 6.07) is 7.91. The van der Waals surface area contributed by atoms with E-state index in [1.54, 1.807) is 6.92 Å². The molecule has 0 N–H and O–H groups in total. The lowest BCUT2D eigenvalue weighted by molar-refractivity contribution is -0.185. The van der Waals surface area contributed by atoms with Crippen LogP contribution >= 0.6 is 0 Å². The predicted octanol–water partition coefficient (Wildman–Crippen LogP) is 3.33. The second-order valence-corrected chi connectivity index (χ2v) is 7.52. The van der Waals surface area contributed by atoms with Crippen LogP contribution in [0.3, 0.4) is 0 Å². The van der Waals surface area contributed by atoms with Gasteiger partial charge in [0, 0.05) is 50.9 Å². The van der Waals surface area contributed by atoms with Gasteiger partial charge in [-0.3, -0.25) is 14.5 Å². The molecule has 2 fully saturated rings. The molecule has 0 aliphatic carbocycles. The Balaban J connectivity index is 1.38. The maximum absolute atomic E-state index is 12.3. The molecule has 2 aliphatic heterocycles. The fourth-order valence-electron chi connectivity index (χ4n) is 3.82. The number of esters is 1. The summed E-state index contributed by atoms with van der Waals surface area (Å²) in [7, 11) is 0. The molecule has 0 bridgehead atoms. The molecule has 6 heteroatoms. The summed E-state index contributed by atoms with van der Waals surface area (Å²) in [4.78, 5) is 26.0. The fraction of sp³-hybridized carbons (Fsp3) is 0.636. The van der Waals surface area contributed by atoms with Gasteiger partial charge in [-0.15, -0.1) is 0 Å². The number of hydrogen-bond donors (Lipinski definition) is 0. The first-order valence-electron chi connectivity index (χ1n) is 10.4. The van der Waals surface area contributed by atoms with Crippen LogP contribution in [0.5, 0.6) is 0 Å². The molecule has 0 aromatic heterocycles. The van der Waals surface area contributed by atoms with Crippen LogP contribution in [0, 0.1) is 0 Å². The molecule has 0 radical (unpaired) electrons. The number of Topliss-reactive ketones (excluding diaryl/α,β-unsaturated/α-hetero) is 1. The van der Waals surface area contributed by atoms with E-state index in [0.717, 1.165) is 38.0 Å². The maximum atomic E-state index is 12.3. The molecular formula is C22H31NO5. The minimum absolute atomic E-state index is 0.130. The van der Waals surface area contributed by atoms with Crippen LogP contribution < -0.4 is 0 Å². The van der Waals surface area contributed by atoms with Crippen LogP contribution in [-0.4, -0.2) is 55.3 Å². The first kappa shape index (κ1) is 21.0. The molecule has 1 spiro atoms. The van der Waals surface area contributed by atoms with Crippen LogP contribution in [-0.2, 0) is 25.5 Å². The highest BCUT2D eigenvalue weighted by Crippen LogP contribution is 2.31. The number of likely N-dealkylation sites (tertiary alicyclic amines) is 1. The monoisotopic (exact) mass is 389 g/mol. The molecule has 0 unspecified atom stereocenters. The van der Waals surface area contributed by atoms with Crippen LogP contribution in [0.25, 0.3) is 0 Å². The van der Waals surface area contributed by atoms with Gasteiger partial charge in [0.2, 0.25) is 0 Å². The number of carbonyl (C=O) groups excluding carboxylic acids is 2. The fourth-order valence-corrected chi connectivity index (χ4v) is 3.82. The van der Waals surface area contributed by atoms with Crippen molar-refractivity contribution in [1.29, 1.82) is 0 Å². The van der Waals surface area contributed by atoms with E-state index >= 15 is 0 Å². The Kier molecular flexibility index (Phi) is 7.59. The number of ether oxygens (including phenoxy) is 3. The lowest BCUT2D eigenvalue weighted by Crippen LogP contribution is -2.44. The van der Waals surface area contributed by atoms with Crippen LogP contribution in [0.2, 0.25) is 0 Å². The van der Waals surface area contributed by atoms with Gasteiger partial charge in [0.05, 0.1) is 19.8 Å². The molecule has 0 amide bonds. The van der Waals surface area contributed by atoms with Gasteiger partial charge in [-0.1, -0.05) is 24.3 Å². The van der Waals surface area contributed by atoms with Crippen LogP contribution in [0.15, 0.2) is 24.3 Å². The second-order valence-electron chi connectivity index (χ2n) is 7.52. The summed E-state index contributed by atoms with van der Waals surface area (Å²) in [5.41, 5.74) is 1.95. The molecule has 0 saturated carbocycles. The van der Waals surface area contributed by atoms with E-state index in [-0.39, 0.29) is 17.5 Å². The molecule has 6 nitrogen and oxygen atoms in total. The van der Waals surface area contributed by atoms with Crippen molar-refractivity contribution in [3.63, 3.8) is 0 Å². The van der Waals surface area contributed by atoms with Gasteiger partial charge in [-0.05, 0) is 25.3 Å². The first-order chi connectivity index (χ1) is 13.6. The quantitative estimate of drug-likeness (QED) is 0.367. The largest absolute Gasteiger partial charge is 0.466 e. The molecule has 1 aromatic carbocycles. The molecule has 28 heavy (non-hydrogen) atoms. The van der Waals surface area contributed by atoms with Gasteiger partial charge in [0.25, 0.3) is 0 Å². The van der Waals surface area contributed by atoms with Gasteiger partial charge in [-0.2, -0.15) is 0 Å². The number of unbranched alkanes of at least 4 members (excludes halogenated alkanes) is 1. The van der Waals surface area contributed by atoms with Gasteiger partial charge in [0.1, 0.15) is 0 Å². The van der Waals surface area contributed by atoms with Crippen molar-refractivity contribution in [3.05, 3.63) is 35.4 Å². The summed E-state index contributed by atoms with van der Waals surface area (Å²) >= 11 is 0. The molecule has 0 atom stereocenters. The summed E-state index contributed by atoms with van der Waals surface area (Å²) < 4.78 is 16.4. The Hall–Kier alpha value is -1.76. The summed E-state index contributed by atoms with van der Waals surface area (Å²) in [6.07, 6.45) is 4.07. The van der Waals surface area contributed by atoms with E-state index in [4.69, 9.17) is 14.2 Å². The predicted molar refractivity (Wildman–Crippen MR) is 105 cm³/mol. The van der Waals surface area contributed by atoms with Crippen molar-refractivity contribution in [2.24, 2.45) is 0 Å². The first-order valence-corrected chi connectivity index (χ1v) is 10.4. The van der Waals surface area contributed by atoms with E-state index < -0.39 is 0 Å². The smallest absolute Gasteiger partial charge is 0.305 e. The number of piperidine rings is 1. The zero-order valence-corrected chi connectivity index (χ0v) is 16.8. The van der Waals surface area contributed by atoms with E-state index in [1.165, 1.54) is 5.56 Å². The zero-order valence-electron chi connectivity index (χ0n) is 16.8. The van der Waals surface area contributed by atoms with Gasteiger partial charge in [-0.25, -0.2) is 0 Å². The van der Waals surface area contributed by atoms with E-state index in [1.807, 2.05) is 24.3 Å². The van der Waals surface area contributed by atoms with Gasteiger partial charge < -0.3 is 14.2 Å². The van der Waals surface area contributed by atoms with Crippen molar-refractivity contribution >= 4 is 11.8 Å². The molecule has 2 aliphatic rings. The van der Waals surface area contributed by atoms with Crippen molar-refractivity contribution in [2.75, 3.05) is 32.9 Å². The average Bonchev–Trinajstić information content (AvgIpc) is 3.16. The Morgan fingerprint density at radius 1 is 1.04 bits per heavy atom. The average molecular weight is 389 g/mol. The lowest BCUT2D eigenvalue weighted by Gasteiger charge is -2.37. The van der Waals surface area contributed by atoms with Crippen molar-refractivity contribution in [1.82, 2.24) is 4.90 Å². The van der Waals surface area contributed by atoms with Crippen LogP contribution in [0.4, 0.5) is 0 Å². The number of hydrogen-bond acceptors (Lipinski definition) is 6. The molecular weight excluding hydrogens is 358 g/mol. The number of carbonyl (C=O) groups is 2. The number of benzene rings is 1. The zero-order chi connectivity index (χ0) is 19.8. The SMILES string of the molecule is CCOC(=O)CCCCC(=O)c1ccc(CN2CCC3(CC2)OCCO3)cc1. The highest BCUT2D eigenvalue weighted by molar-refractivity contribution is 5.96. The van der Waals surface area contributed by atoms with Crippen molar-refractivity contribution in [3.8, 4) is 0 Å². The molecule has 154 valence electrons.